The molecule has 0 radical (unpaired) electrons. The average Bonchev–Trinajstić information content (AvgIpc) is 3.21. The minimum absolute atomic E-state index is 0.0690. The van der Waals surface area contributed by atoms with Crippen molar-refractivity contribution in [1.82, 2.24) is 19.4 Å². The Bertz CT molecular complexity index is 2260. The number of carboxylic acid groups (broad SMARTS) is 2. The fourth-order valence-electron chi connectivity index (χ4n) is 6.09. The highest BCUT2D eigenvalue weighted by atomic mass is 19.4. The van der Waals surface area contributed by atoms with Gasteiger partial charge in [0.05, 0.1) is 16.5 Å². The predicted molar refractivity (Wildman–Crippen MR) is 207 cm³/mol. The van der Waals surface area contributed by atoms with E-state index in [-0.39, 0.29) is 43.2 Å². The van der Waals surface area contributed by atoms with Crippen LogP contribution in [0.1, 0.15) is 36.4 Å². The number of rotatable bonds is 16. The summed E-state index contributed by atoms with van der Waals surface area (Å²) in [7, 11) is 0. The summed E-state index contributed by atoms with van der Waals surface area (Å²) >= 11 is 0. The largest absolute Gasteiger partial charge is 0.479 e. The molecule has 0 bridgehead atoms. The number of amides is 1. The van der Waals surface area contributed by atoms with Gasteiger partial charge in [0.25, 0.3) is 5.56 Å². The Labute approximate surface area is 335 Å². The van der Waals surface area contributed by atoms with Gasteiger partial charge in [-0.25, -0.2) is 18.4 Å². The molecule has 1 amide bonds. The Balaban J connectivity index is 0.000000680. The molecule has 314 valence electrons. The lowest BCUT2D eigenvalue weighted by Crippen LogP contribution is -2.40. The summed E-state index contributed by atoms with van der Waals surface area (Å²) in [5.41, 5.74) is 1.66. The quantitative estimate of drug-likeness (QED) is 0.0945. The van der Waals surface area contributed by atoms with Crippen molar-refractivity contribution in [1.29, 1.82) is 0 Å². The van der Waals surface area contributed by atoms with Gasteiger partial charge in [0.2, 0.25) is 5.91 Å². The summed E-state index contributed by atoms with van der Waals surface area (Å²) in [6.07, 6.45) is -8.78. The van der Waals surface area contributed by atoms with E-state index in [0.29, 0.717) is 29.6 Å². The molecule has 1 heterocycles. The second-order valence-corrected chi connectivity index (χ2v) is 13.4. The van der Waals surface area contributed by atoms with Gasteiger partial charge in [0.1, 0.15) is 24.0 Å². The number of carbonyl (C=O) groups excluding carboxylic acids is 1. The molecule has 0 spiro atoms. The number of para-hydroxylation sites is 1. The molecule has 59 heavy (non-hydrogen) atoms. The second kappa shape index (κ2) is 20.6. The third-order valence-electron chi connectivity index (χ3n) is 9.50. The topological polar surface area (TPSA) is 174 Å². The first-order valence-corrected chi connectivity index (χ1v) is 18.4. The summed E-state index contributed by atoms with van der Waals surface area (Å²) < 4.78 is 69.1. The highest BCUT2D eigenvalue weighted by Gasteiger charge is 2.30. The van der Waals surface area contributed by atoms with Crippen molar-refractivity contribution < 1.29 is 56.8 Å². The Morgan fingerprint density at radius 2 is 1.36 bits per heavy atom. The molecule has 0 aliphatic carbocycles. The Morgan fingerprint density at radius 1 is 0.780 bits per heavy atom. The van der Waals surface area contributed by atoms with E-state index in [1.807, 2.05) is 38.1 Å². The van der Waals surface area contributed by atoms with Crippen LogP contribution in [-0.4, -0.2) is 96.0 Å². The van der Waals surface area contributed by atoms with Gasteiger partial charge < -0.3 is 34.8 Å². The van der Waals surface area contributed by atoms with Crippen molar-refractivity contribution in [3.63, 3.8) is 0 Å². The molecule has 0 aliphatic rings. The molecule has 4 N–H and O–H groups in total. The Morgan fingerprint density at radius 3 is 1.92 bits per heavy atom. The zero-order valence-electron chi connectivity index (χ0n) is 32.1. The highest BCUT2D eigenvalue weighted by molar-refractivity contribution is 5.83. The van der Waals surface area contributed by atoms with Crippen LogP contribution in [0.3, 0.4) is 0 Å². The van der Waals surface area contributed by atoms with Crippen LogP contribution < -0.4 is 5.56 Å². The van der Waals surface area contributed by atoms with Crippen molar-refractivity contribution in [3.8, 4) is 11.1 Å². The number of alkyl halides is 3. The third-order valence-corrected chi connectivity index (χ3v) is 9.50. The number of fused-ring (bicyclic) bond motifs is 1. The van der Waals surface area contributed by atoms with E-state index in [1.165, 1.54) is 12.1 Å². The zero-order chi connectivity index (χ0) is 43.4. The van der Waals surface area contributed by atoms with Gasteiger partial charge in [-0.3, -0.25) is 9.59 Å². The van der Waals surface area contributed by atoms with Crippen molar-refractivity contribution in [2.24, 2.45) is 0 Å². The van der Waals surface area contributed by atoms with E-state index >= 15 is 0 Å². The molecular weight excluding hydrogens is 783 g/mol. The van der Waals surface area contributed by atoms with E-state index < -0.39 is 53.1 Å². The maximum atomic E-state index is 14.5. The van der Waals surface area contributed by atoms with E-state index in [1.54, 1.807) is 33.7 Å². The van der Waals surface area contributed by atoms with Gasteiger partial charge in [-0.15, -0.1) is 0 Å². The van der Waals surface area contributed by atoms with Crippen molar-refractivity contribution >= 4 is 28.7 Å². The van der Waals surface area contributed by atoms with Gasteiger partial charge >= 0.3 is 18.1 Å². The lowest BCUT2D eigenvalue weighted by atomic mass is 10.0. The predicted octanol–water partition coefficient (Wildman–Crippen LogP) is 5.39. The van der Waals surface area contributed by atoms with E-state index in [2.05, 4.69) is 9.88 Å². The van der Waals surface area contributed by atoms with Crippen LogP contribution in [0.15, 0.2) is 95.8 Å². The molecule has 0 saturated heterocycles. The molecule has 2 atom stereocenters. The normalized spacial score (nSPS) is 12.4. The maximum Gasteiger partial charge on any atom is 0.416 e. The Hall–Kier alpha value is -6.04. The summed E-state index contributed by atoms with van der Waals surface area (Å²) in [4.78, 5) is 54.9. The minimum atomic E-state index is -4.42. The lowest BCUT2D eigenvalue weighted by molar-refractivity contribution is -0.165. The Kier molecular flexibility index (Phi) is 15.9. The van der Waals surface area contributed by atoms with Gasteiger partial charge in [-0.1, -0.05) is 62.4 Å². The number of hydrogen-bond donors (Lipinski definition) is 4. The minimum Gasteiger partial charge on any atom is -0.479 e. The summed E-state index contributed by atoms with van der Waals surface area (Å²) in [6.45, 7) is 6.85. The zero-order valence-corrected chi connectivity index (χ0v) is 32.1. The number of hydrogen-bond acceptors (Lipinski definition) is 8. The van der Waals surface area contributed by atoms with E-state index in [9.17, 15) is 41.1 Å². The fraction of sp³-hybridized carbons (Fsp3) is 0.310. The van der Waals surface area contributed by atoms with Crippen molar-refractivity contribution in [2.45, 2.75) is 58.2 Å². The molecule has 1 aromatic heterocycles. The number of aliphatic carboxylic acids is 2. The van der Waals surface area contributed by atoms with Crippen LogP contribution in [0.25, 0.3) is 22.0 Å². The molecule has 0 fully saturated rings. The van der Waals surface area contributed by atoms with Crippen LogP contribution >= 0.6 is 0 Å². The number of benzene rings is 4. The molecule has 0 saturated carbocycles. The van der Waals surface area contributed by atoms with Crippen LogP contribution in [0.5, 0.6) is 0 Å². The van der Waals surface area contributed by atoms with Crippen molar-refractivity contribution in [2.75, 3.05) is 26.2 Å². The van der Waals surface area contributed by atoms with Gasteiger partial charge in [0.15, 0.2) is 12.2 Å². The summed E-state index contributed by atoms with van der Waals surface area (Å²) in [5, 5.41) is 32.9. The first-order valence-electron chi connectivity index (χ1n) is 18.4. The molecule has 5 rings (SSSR count). The fourth-order valence-corrected chi connectivity index (χ4v) is 6.09. The number of carbonyl (C=O) groups is 3. The summed E-state index contributed by atoms with van der Waals surface area (Å²) in [6, 6.07) is 22.3. The number of nitrogens with zero attached hydrogens (tertiary/aromatic N) is 4. The second-order valence-electron chi connectivity index (χ2n) is 13.4. The first kappa shape index (κ1) is 45.7. The summed E-state index contributed by atoms with van der Waals surface area (Å²) in [5.74, 6) is -4.63. The van der Waals surface area contributed by atoms with Crippen molar-refractivity contribution in [3.05, 3.63) is 135 Å². The monoisotopic (exact) mass is 826 g/mol. The van der Waals surface area contributed by atoms with E-state index in [4.69, 9.17) is 20.4 Å². The molecule has 17 heteroatoms. The highest BCUT2D eigenvalue weighted by Crippen LogP contribution is 2.31. The first-order chi connectivity index (χ1) is 27.9. The number of halogens is 5. The average molecular weight is 827 g/mol. The van der Waals surface area contributed by atoms with Crippen LogP contribution in [0.2, 0.25) is 0 Å². The SMILES string of the molecule is CCN(CC)CCN(Cc1ccc(-c2ccc(C(F)(F)F)cc2)cc1)C(=O)Cn1c(CCc2cc(F)ccc2F)nc(=O)c2ccccc21.O=C(O)[C@H](O)[C@@H](O)C(=O)O. The van der Waals surface area contributed by atoms with E-state index in [0.717, 1.165) is 54.5 Å². The number of likely N-dealkylation sites (N-methyl/N-ethyl adjacent to an activating group) is 1. The van der Waals surface area contributed by atoms with Gasteiger partial charge in [-0.2, -0.15) is 18.2 Å². The number of carboxylic acids is 2. The third kappa shape index (κ3) is 12.5. The number of aromatic nitrogens is 2. The van der Waals surface area contributed by atoms with Gasteiger partial charge in [0, 0.05) is 26.1 Å². The standard InChI is InChI=1S/C38H37F5N4O2.C4H6O6/c1-3-45(4-2)21-22-46(24-26-9-11-27(12-10-26)28-13-16-30(17-14-28)38(41,42)43)36(48)25-47-34-8-6-5-7-32(34)37(49)44-35(47)20-15-29-23-31(39)18-19-33(29)40;5-1(3(7)8)2(6)4(9)10/h5-14,16-19,23H,3-4,15,20-22,24-25H2,1-2H3;1-2,5-6H,(H,7,8)(H,9,10)/t;1-,2-/m.1/s1. The molecule has 4 aromatic carbocycles. The smallest absolute Gasteiger partial charge is 0.416 e. The number of aliphatic hydroxyl groups excluding tert-OH is 2. The van der Waals surface area contributed by atoms with Gasteiger partial charge in [-0.05, 0) is 84.2 Å². The molecule has 12 nitrogen and oxygen atoms in total. The number of aryl methyl sites for hydroxylation is 2. The molecule has 0 unspecified atom stereocenters. The molecule has 0 aliphatic heterocycles. The number of aliphatic hydroxyl groups is 2. The lowest BCUT2D eigenvalue weighted by Gasteiger charge is -2.28. The molecule has 5 aromatic rings. The van der Waals surface area contributed by atoms with Crippen LogP contribution in [0, 0.1) is 11.6 Å². The molecular formula is C42H43F5N4O8. The maximum absolute atomic E-state index is 14.5. The van der Waals surface area contributed by atoms with Crippen LogP contribution in [0.4, 0.5) is 22.0 Å². The van der Waals surface area contributed by atoms with Crippen LogP contribution in [-0.2, 0) is 46.5 Å².